The molecular weight excluding hydrogens is 361 g/mol. The molecule has 0 radical (unpaired) electrons. The highest BCUT2D eigenvalue weighted by molar-refractivity contribution is 5.67. The maximum Gasteiger partial charge on any atom is 0.212 e. The Balaban J connectivity index is 0.00000169. The Morgan fingerprint density at radius 2 is 1.35 bits per heavy atom. The lowest BCUT2D eigenvalue weighted by atomic mass is 9.71. The van der Waals surface area contributed by atoms with Crippen molar-refractivity contribution in [2.75, 3.05) is 0 Å². The van der Waals surface area contributed by atoms with Gasteiger partial charge in [0.05, 0.1) is 5.41 Å². The number of benzene rings is 1. The minimum Gasteiger partial charge on any atom is -1.00 e. The molecule has 0 amide bonds. The van der Waals surface area contributed by atoms with Crippen molar-refractivity contribution in [2.45, 2.75) is 97.4 Å². The molecule has 1 aliphatic carbocycles. The minimum absolute atomic E-state index is 0. The molecule has 1 heterocycles. The van der Waals surface area contributed by atoms with Crippen molar-refractivity contribution in [3.05, 3.63) is 29.3 Å². The van der Waals surface area contributed by atoms with Crippen molar-refractivity contribution in [2.24, 2.45) is 5.41 Å². The van der Waals surface area contributed by atoms with Gasteiger partial charge in [-0.3, -0.25) is 0 Å². The molecule has 1 nitrogen and oxygen atoms in total. The monoisotopic (exact) mass is 396 g/mol. The molecule has 0 unspecified atom stereocenters. The molecular formula is C23H36Cl2N-. The number of nitrogens with zero attached hydrogens (tertiary/aromatic N) is 1. The zero-order chi connectivity index (χ0) is 17.5. The largest absolute Gasteiger partial charge is 1.00 e. The maximum absolute atomic E-state index is 2.68. The fraction of sp³-hybridized carbons (Fsp3) is 0.696. The average Bonchev–Trinajstić information content (AvgIpc) is 2.77. The lowest BCUT2D eigenvalue weighted by molar-refractivity contribution is -0.513. The molecule has 2 aliphatic rings. The van der Waals surface area contributed by atoms with Crippen molar-refractivity contribution >= 4 is 11.9 Å². The van der Waals surface area contributed by atoms with Gasteiger partial charge in [-0.2, -0.15) is 4.58 Å². The lowest BCUT2D eigenvalue weighted by Crippen LogP contribution is -3.00. The molecule has 1 spiro atoms. The van der Waals surface area contributed by atoms with Crippen LogP contribution in [0.1, 0.15) is 103 Å². The van der Waals surface area contributed by atoms with E-state index in [9.17, 15) is 0 Å². The van der Waals surface area contributed by atoms with Crippen molar-refractivity contribution < 1.29 is 29.4 Å². The molecule has 1 fully saturated rings. The van der Waals surface area contributed by atoms with E-state index in [4.69, 9.17) is 0 Å². The first-order chi connectivity index (χ1) is 11.3. The van der Waals surface area contributed by atoms with Crippen molar-refractivity contribution in [3.8, 4) is 0 Å². The number of hydrogen-bond donors (Lipinski definition) is 0. The van der Waals surface area contributed by atoms with Crippen LogP contribution < -0.4 is 24.8 Å². The molecule has 1 aromatic rings. The summed E-state index contributed by atoms with van der Waals surface area (Å²) >= 11 is 0. The topological polar surface area (TPSA) is 3.01 Å². The molecule has 0 saturated heterocycles. The maximum atomic E-state index is 2.68. The highest BCUT2D eigenvalue weighted by atomic mass is 35.5. The first kappa shape index (κ1) is 23.5. The van der Waals surface area contributed by atoms with Crippen LogP contribution in [0.2, 0.25) is 0 Å². The summed E-state index contributed by atoms with van der Waals surface area (Å²) < 4.78 is 2.68. The lowest BCUT2D eigenvalue weighted by Gasteiger charge is -2.29. The Morgan fingerprint density at radius 3 is 1.81 bits per heavy atom. The highest BCUT2D eigenvalue weighted by Crippen LogP contribution is 2.49. The van der Waals surface area contributed by atoms with Crippen molar-refractivity contribution in [1.82, 2.24) is 0 Å². The van der Waals surface area contributed by atoms with E-state index in [1.807, 2.05) is 0 Å². The van der Waals surface area contributed by atoms with Crippen molar-refractivity contribution in [1.29, 1.82) is 0 Å². The standard InChI is InChI=1S/C23H36N.2ClH/c1-17(2)19-11-10-12-20(18(3)4)21(19)24-16-23(15-22(24,5)6)13-8-7-9-14-23;;/h10-12,16-18H,7-9,13-15H2,1-6H3;2*1H/q+1;;/p-2. The van der Waals surface area contributed by atoms with E-state index in [1.54, 1.807) is 0 Å². The second-order valence-corrected chi connectivity index (χ2v) is 9.51. The van der Waals surface area contributed by atoms with Crippen molar-refractivity contribution in [3.63, 3.8) is 0 Å². The fourth-order valence-electron chi connectivity index (χ4n) is 5.16. The van der Waals surface area contributed by atoms with Crippen LogP contribution in [0, 0.1) is 5.41 Å². The van der Waals surface area contributed by atoms with E-state index >= 15 is 0 Å². The zero-order valence-electron chi connectivity index (χ0n) is 17.4. The summed E-state index contributed by atoms with van der Waals surface area (Å²) in [4.78, 5) is 0. The highest BCUT2D eigenvalue weighted by Gasteiger charge is 2.52. The Bertz CT molecular complexity index is 611. The third kappa shape index (κ3) is 4.30. The summed E-state index contributed by atoms with van der Waals surface area (Å²) in [5, 5.41) is 0. The molecule has 3 heteroatoms. The predicted molar refractivity (Wildman–Crippen MR) is 105 cm³/mol. The van der Waals surface area contributed by atoms with Crippen LogP contribution in [-0.4, -0.2) is 16.3 Å². The predicted octanol–water partition coefficient (Wildman–Crippen LogP) is 0.789. The van der Waals surface area contributed by atoms with Crippen LogP contribution >= 0.6 is 0 Å². The molecule has 1 saturated carbocycles. The first-order valence-corrected chi connectivity index (χ1v) is 10.0. The van der Waals surface area contributed by atoms with E-state index in [2.05, 4.69) is 70.5 Å². The smallest absolute Gasteiger partial charge is 0.212 e. The van der Waals surface area contributed by atoms with Crippen LogP contribution in [-0.2, 0) is 0 Å². The minimum atomic E-state index is 0. The second kappa shape index (κ2) is 8.65. The van der Waals surface area contributed by atoms with E-state index in [0.29, 0.717) is 17.3 Å². The van der Waals surface area contributed by atoms with Gasteiger partial charge in [0.1, 0.15) is 0 Å². The quantitative estimate of drug-likeness (QED) is 0.664. The molecule has 3 rings (SSSR count). The summed E-state index contributed by atoms with van der Waals surface area (Å²) in [5.74, 6) is 1.12. The van der Waals surface area contributed by atoms with Gasteiger partial charge in [-0.25, -0.2) is 0 Å². The van der Waals surface area contributed by atoms with E-state index < -0.39 is 0 Å². The van der Waals surface area contributed by atoms with Gasteiger partial charge in [0.2, 0.25) is 5.69 Å². The average molecular weight is 397 g/mol. The molecule has 0 N–H and O–H groups in total. The third-order valence-electron chi connectivity index (χ3n) is 6.27. The normalized spacial score (nSPS) is 20.7. The van der Waals surface area contributed by atoms with Crippen LogP contribution in [0.3, 0.4) is 0 Å². The molecule has 1 aliphatic heterocycles. The van der Waals surface area contributed by atoms with E-state index in [0.717, 1.165) is 0 Å². The van der Waals surface area contributed by atoms with Gasteiger partial charge in [0.25, 0.3) is 0 Å². The van der Waals surface area contributed by atoms with Gasteiger partial charge in [-0.1, -0.05) is 65.2 Å². The van der Waals surface area contributed by atoms with Gasteiger partial charge in [0.15, 0.2) is 11.8 Å². The molecule has 26 heavy (non-hydrogen) atoms. The molecule has 0 bridgehead atoms. The first-order valence-electron chi connectivity index (χ1n) is 10.0. The van der Waals surface area contributed by atoms with E-state index in [-0.39, 0.29) is 30.4 Å². The van der Waals surface area contributed by atoms with Gasteiger partial charge < -0.3 is 24.8 Å². The Hall–Kier alpha value is -0.530. The molecule has 0 atom stereocenters. The summed E-state index contributed by atoms with van der Waals surface area (Å²) in [6, 6.07) is 6.96. The zero-order valence-corrected chi connectivity index (χ0v) is 18.9. The third-order valence-corrected chi connectivity index (χ3v) is 6.27. The van der Waals surface area contributed by atoms with Crippen LogP contribution in [0.5, 0.6) is 0 Å². The van der Waals surface area contributed by atoms with Gasteiger partial charge in [0, 0.05) is 31.4 Å². The van der Waals surface area contributed by atoms with Crippen LogP contribution in [0.4, 0.5) is 5.69 Å². The van der Waals surface area contributed by atoms with Crippen LogP contribution in [0.25, 0.3) is 0 Å². The second-order valence-electron chi connectivity index (χ2n) is 9.51. The van der Waals surface area contributed by atoms with Gasteiger partial charge in [-0.15, -0.1) is 0 Å². The van der Waals surface area contributed by atoms with E-state index in [1.165, 1.54) is 55.3 Å². The molecule has 1 aromatic carbocycles. The molecule has 0 aromatic heterocycles. The summed E-state index contributed by atoms with van der Waals surface area (Å²) in [5.41, 5.74) is 5.19. The number of rotatable bonds is 3. The summed E-state index contributed by atoms with van der Waals surface area (Å²) in [6.07, 6.45) is 11.0. The summed E-state index contributed by atoms with van der Waals surface area (Å²) in [7, 11) is 0. The Morgan fingerprint density at radius 1 is 0.846 bits per heavy atom. The van der Waals surface area contributed by atoms with Gasteiger partial charge >= 0.3 is 0 Å². The SMILES string of the molecule is CC(C)c1cccc(C(C)C)c1[N+]1=CC2(CCCCC2)CC1(C)C.[Cl-].[Cl-]. The summed E-state index contributed by atoms with van der Waals surface area (Å²) in [6.45, 7) is 14.2. The Kier molecular flexibility index (Phi) is 7.82. The van der Waals surface area contributed by atoms with Crippen LogP contribution in [0.15, 0.2) is 18.2 Å². The number of halogens is 2. The Labute approximate surface area is 173 Å². The number of para-hydroxylation sites is 1. The fourth-order valence-corrected chi connectivity index (χ4v) is 5.16. The number of hydrogen-bond acceptors (Lipinski definition) is 0. The van der Waals surface area contributed by atoms with Gasteiger partial charge in [-0.05, 0) is 24.7 Å². The molecule has 148 valence electrons.